The molecule has 0 aliphatic rings. The third-order valence-corrected chi connectivity index (χ3v) is 5.66. The molecular weight excluding hydrogens is 414 g/mol. The Bertz CT molecular complexity index is 1050. The van der Waals surface area contributed by atoms with E-state index in [4.69, 9.17) is 25.8 Å². The Balaban J connectivity index is 2.02. The molecule has 0 aliphatic heterocycles. The first-order chi connectivity index (χ1) is 13.8. The van der Waals surface area contributed by atoms with Crippen LogP contribution in [0.15, 0.2) is 18.5 Å². The summed E-state index contributed by atoms with van der Waals surface area (Å²) in [6.07, 6.45) is 1.45. The molecule has 29 heavy (non-hydrogen) atoms. The first-order valence-electron chi connectivity index (χ1n) is 8.95. The Hall–Kier alpha value is -2.58. The normalized spacial score (nSPS) is 11.0. The highest BCUT2D eigenvalue weighted by Gasteiger charge is 2.21. The number of nitrogens with one attached hydrogen (secondary N) is 1. The fraction of sp³-hybridized carbons (Fsp3) is 0.350. The Kier molecular flexibility index (Phi) is 6.44. The van der Waals surface area contributed by atoms with Crippen LogP contribution in [0.25, 0.3) is 10.2 Å². The lowest BCUT2D eigenvalue weighted by Gasteiger charge is -2.14. The molecule has 0 fully saturated rings. The van der Waals surface area contributed by atoms with Gasteiger partial charge >= 0.3 is 5.97 Å². The maximum atomic E-state index is 12.5. The summed E-state index contributed by atoms with van der Waals surface area (Å²) in [6.45, 7) is 6.21. The first kappa shape index (κ1) is 21.1. The van der Waals surface area contributed by atoms with Crippen LogP contribution in [0.3, 0.4) is 0 Å². The van der Waals surface area contributed by atoms with Gasteiger partial charge in [0.25, 0.3) is 0 Å². The molecule has 3 rings (SSSR count). The predicted octanol–water partition coefficient (Wildman–Crippen LogP) is 5.23. The van der Waals surface area contributed by atoms with Crippen LogP contribution in [0.2, 0.25) is 5.02 Å². The number of anilines is 2. The van der Waals surface area contributed by atoms with E-state index in [-0.39, 0.29) is 11.9 Å². The molecule has 7 nitrogen and oxygen atoms in total. The van der Waals surface area contributed by atoms with Gasteiger partial charge in [0.1, 0.15) is 33.4 Å². The minimum Gasteiger partial charge on any atom is -0.495 e. The Morgan fingerprint density at radius 3 is 2.59 bits per heavy atom. The number of halogens is 1. The number of benzene rings is 1. The van der Waals surface area contributed by atoms with Gasteiger partial charge in [-0.3, -0.25) is 0 Å². The van der Waals surface area contributed by atoms with Crippen molar-refractivity contribution in [2.24, 2.45) is 5.92 Å². The number of fused-ring (bicyclic) bond motifs is 1. The van der Waals surface area contributed by atoms with Crippen molar-refractivity contribution in [3.05, 3.63) is 33.9 Å². The van der Waals surface area contributed by atoms with Crippen molar-refractivity contribution < 1.29 is 19.0 Å². The molecule has 9 heteroatoms. The quantitative estimate of drug-likeness (QED) is 0.509. The molecule has 1 aromatic carbocycles. The van der Waals surface area contributed by atoms with Gasteiger partial charge in [-0.15, -0.1) is 11.3 Å². The third kappa shape index (κ3) is 4.38. The monoisotopic (exact) mass is 435 g/mol. The molecule has 3 aromatic rings. The number of carbonyl (C=O) groups excluding carboxylic acids is 1. The average molecular weight is 436 g/mol. The van der Waals surface area contributed by atoms with Crippen LogP contribution in [0.5, 0.6) is 11.5 Å². The number of methoxy groups -OCH3 is 2. The van der Waals surface area contributed by atoms with Crippen LogP contribution in [-0.2, 0) is 4.74 Å². The highest BCUT2D eigenvalue weighted by molar-refractivity contribution is 7.20. The smallest absolute Gasteiger partial charge is 0.348 e. The highest BCUT2D eigenvalue weighted by atomic mass is 35.5. The predicted molar refractivity (Wildman–Crippen MR) is 115 cm³/mol. The molecule has 0 bridgehead atoms. The summed E-state index contributed by atoms with van der Waals surface area (Å²) in [4.78, 5) is 22.4. The van der Waals surface area contributed by atoms with Crippen LogP contribution < -0.4 is 14.8 Å². The molecule has 154 valence electrons. The fourth-order valence-electron chi connectivity index (χ4n) is 2.75. The largest absolute Gasteiger partial charge is 0.495 e. The Morgan fingerprint density at radius 1 is 1.21 bits per heavy atom. The lowest BCUT2D eigenvalue weighted by atomic mass is 10.2. The first-order valence-corrected chi connectivity index (χ1v) is 10.1. The zero-order valence-corrected chi connectivity index (χ0v) is 18.4. The third-order valence-electron chi connectivity index (χ3n) is 4.19. The van der Waals surface area contributed by atoms with E-state index in [1.54, 1.807) is 26.4 Å². The van der Waals surface area contributed by atoms with E-state index >= 15 is 0 Å². The van der Waals surface area contributed by atoms with E-state index in [1.807, 2.05) is 20.8 Å². The van der Waals surface area contributed by atoms with E-state index < -0.39 is 0 Å². The number of hydrogen-bond donors (Lipinski definition) is 1. The summed E-state index contributed by atoms with van der Waals surface area (Å²) in [5, 5.41) is 4.44. The standard InChI is InChI=1S/C20H22ClN3O4S/c1-10(2)8-28-20(25)17-11(3)16-18(22-9-23-19(16)29-17)24-13-7-14(26-4)12(21)6-15(13)27-5/h6-7,9-10H,8H2,1-5H3,(H,22,23,24). The second-order valence-electron chi connectivity index (χ2n) is 6.76. The van der Waals surface area contributed by atoms with Gasteiger partial charge in [0.2, 0.25) is 0 Å². The molecular formula is C20H22ClN3O4S. The number of esters is 1. The van der Waals surface area contributed by atoms with Crippen LogP contribution in [-0.4, -0.2) is 36.8 Å². The molecule has 0 aliphatic carbocycles. The summed E-state index contributed by atoms with van der Waals surface area (Å²) in [7, 11) is 3.09. The zero-order chi connectivity index (χ0) is 21.1. The topological polar surface area (TPSA) is 82.6 Å². The van der Waals surface area contributed by atoms with Crippen LogP contribution in [0.4, 0.5) is 11.5 Å². The van der Waals surface area contributed by atoms with Crippen molar-refractivity contribution in [3.63, 3.8) is 0 Å². The Morgan fingerprint density at radius 2 is 1.93 bits per heavy atom. The molecule has 1 N–H and O–H groups in total. The number of rotatable bonds is 7. The zero-order valence-electron chi connectivity index (χ0n) is 16.8. The summed E-state index contributed by atoms with van der Waals surface area (Å²) >= 11 is 7.47. The van der Waals surface area contributed by atoms with Gasteiger partial charge < -0.3 is 19.5 Å². The molecule has 0 saturated carbocycles. The fourth-order valence-corrected chi connectivity index (χ4v) is 4.03. The van der Waals surface area contributed by atoms with E-state index in [0.717, 1.165) is 10.9 Å². The van der Waals surface area contributed by atoms with Gasteiger partial charge in [-0.05, 0) is 18.4 Å². The maximum Gasteiger partial charge on any atom is 0.348 e. The number of aryl methyl sites for hydroxylation is 1. The van der Waals surface area contributed by atoms with E-state index in [2.05, 4.69) is 15.3 Å². The van der Waals surface area contributed by atoms with E-state index in [9.17, 15) is 4.79 Å². The summed E-state index contributed by atoms with van der Waals surface area (Å²) in [5.74, 6) is 1.50. The van der Waals surface area contributed by atoms with Gasteiger partial charge in [0, 0.05) is 12.1 Å². The van der Waals surface area contributed by atoms with Crippen molar-refractivity contribution in [1.29, 1.82) is 0 Å². The van der Waals surface area contributed by atoms with Crippen molar-refractivity contribution in [1.82, 2.24) is 9.97 Å². The molecule has 0 unspecified atom stereocenters. The van der Waals surface area contributed by atoms with Crippen molar-refractivity contribution in [2.45, 2.75) is 20.8 Å². The summed E-state index contributed by atoms with van der Waals surface area (Å²) in [5.41, 5.74) is 1.39. The number of hydrogen-bond acceptors (Lipinski definition) is 8. The highest BCUT2D eigenvalue weighted by Crippen LogP contribution is 2.40. The summed E-state index contributed by atoms with van der Waals surface area (Å²) < 4.78 is 16.1. The molecule has 0 saturated heterocycles. The molecule has 0 atom stereocenters. The lowest BCUT2D eigenvalue weighted by molar-refractivity contribution is 0.0464. The van der Waals surface area contributed by atoms with Gasteiger partial charge in [-0.1, -0.05) is 25.4 Å². The maximum absolute atomic E-state index is 12.5. The lowest BCUT2D eigenvalue weighted by Crippen LogP contribution is -2.09. The minimum absolute atomic E-state index is 0.262. The van der Waals surface area contributed by atoms with Crippen molar-refractivity contribution in [2.75, 3.05) is 26.1 Å². The van der Waals surface area contributed by atoms with E-state index in [0.29, 0.717) is 44.3 Å². The molecule has 0 spiro atoms. The molecule has 0 amide bonds. The number of aromatic nitrogens is 2. The van der Waals surface area contributed by atoms with Gasteiger partial charge in [-0.2, -0.15) is 0 Å². The Labute approximate surface area is 178 Å². The summed E-state index contributed by atoms with van der Waals surface area (Å²) in [6, 6.07) is 3.39. The van der Waals surface area contributed by atoms with Crippen molar-refractivity contribution >= 4 is 50.6 Å². The van der Waals surface area contributed by atoms with Gasteiger partial charge in [0.15, 0.2) is 0 Å². The number of nitrogens with zero attached hydrogens (tertiary/aromatic N) is 2. The molecule has 2 aromatic heterocycles. The average Bonchev–Trinajstić information content (AvgIpc) is 3.04. The number of ether oxygens (including phenoxy) is 3. The number of thiophene rings is 1. The second kappa shape index (κ2) is 8.84. The SMILES string of the molecule is COc1cc(Nc2ncnc3sc(C(=O)OCC(C)C)c(C)c23)c(OC)cc1Cl. The number of carbonyl (C=O) groups is 1. The van der Waals surface area contributed by atoms with Crippen LogP contribution in [0, 0.1) is 12.8 Å². The minimum atomic E-state index is -0.351. The van der Waals surface area contributed by atoms with E-state index in [1.165, 1.54) is 17.7 Å². The van der Waals surface area contributed by atoms with Crippen LogP contribution >= 0.6 is 22.9 Å². The second-order valence-corrected chi connectivity index (χ2v) is 8.17. The van der Waals surface area contributed by atoms with Gasteiger partial charge in [-0.25, -0.2) is 14.8 Å². The van der Waals surface area contributed by atoms with Crippen LogP contribution in [0.1, 0.15) is 29.1 Å². The molecule has 2 heterocycles. The van der Waals surface area contributed by atoms with Gasteiger partial charge in [0.05, 0.1) is 36.9 Å². The molecule has 0 radical (unpaired) electrons. The van der Waals surface area contributed by atoms with Crippen molar-refractivity contribution in [3.8, 4) is 11.5 Å².